The van der Waals surface area contributed by atoms with E-state index < -0.39 is 16.0 Å². The number of nitrogens with zero attached hydrogens (tertiary/aromatic N) is 2. The van der Waals surface area contributed by atoms with Crippen molar-refractivity contribution in [2.75, 3.05) is 4.72 Å². The second kappa shape index (κ2) is 6.04. The molecule has 1 heterocycles. The number of anilines is 1. The van der Waals surface area contributed by atoms with Crippen molar-refractivity contribution in [3.05, 3.63) is 42.2 Å². The second-order valence-corrected chi connectivity index (χ2v) is 7.40. The summed E-state index contributed by atoms with van der Waals surface area (Å²) < 4.78 is 28.8. The molecule has 1 aromatic heterocycles. The molecule has 3 rings (SSSR count). The maximum atomic E-state index is 12.3. The smallest absolute Gasteiger partial charge is 0.307 e. The molecular formula is C15H17N3O4S. The fraction of sp³-hybridized carbons (Fsp3) is 0.333. The molecule has 0 spiro atoms. The first kappa shape index (κ1) is 15.5. The molecule has 8 heteroatoms. The van der Waals surface area contributed by atoms with E-state index in [2.05, 4.69) is 9.82 Å². The maximum Gasteiger partial charge on any atom is 0.307 e. The van der Waals surface area contributed by atoms with Gasteiger partial charge in [0.2, 0.25) is 0 Å². The van der Waals surface area contributed by atoms with E-state index in [1.807, 2.05) is 0 Å². The van der Waals surface area contributed by atoms with Gasteiger partial charge in [-0.05, 0) is 36.5 Å². The van der Waals surface area contributed by atoms with E-state index >= 15 is 0 Å². The highest BCUT2D eigenvalue weighted by atomic mass is 32.2. The summed E-state index contributed by atoms with van der Waals surface area (Å²) in [6, 6.07) is 6.26. The summed E-state index contributed by atoms with van der Waals surface area (Å²) in [7, 11) is -3.69. The summed E-state index contributed by atoms with van der Waals surface area (Å²) in [5, 5.41) is 12.8. The molecule has 0 radical (unpaired) electrons. The summed E-state index contributed by atoms with van der Waals surface area (Å²) >= 11 is 0. The van der Waals surface area contributed by atoms with Gasteiger partial charge in [0.1, 0.15) is 4.90 Å². The van der Waals surface area contributed by atoms with Gasteiger partial charge in [0.15, 0.2) is 0 Å². The van der Waals surface area contributed by atoms with Gasteiger partial charge >= 0.3 is 5.97 Å². The number of hydrogen-bond donors (Lipinski definition) is 2. The fourth-order valence-electron chi connectivity index (χ4n) is 2.23. The molecule has 23 heavy (non-hydrogen) atoms. The summed E-state index contributed by atoms with van der Waals surface area (Å²) in [5.41, 5.74) is 0.992. The predicted molar refractivity (Wildman–Crippen MR) is 83.5 cm³/mol. The standard InChI is InChI=1S/C15H17N3O4S/c19-15(20)7-11-3-5-13(6-4-11)17-23(21,22)14-8-16-18(10-14)9-12-1-2-12/h3-6,8,10,12,17H,1-2,7,9H2,(H,19,20). The molecule has 1 fully saturated rings. The largest absolute Gasteiger partial charge is 0.481 e. The molecule has 1 aliphatic carbocycles. The quantitative estimate of drug-likeness (QED) is 0.802. The third-order valence-electron chi connectivity index (χ3n) is 3.62. The third-order valence-corrected chi connectivity index (χ3v) is 4.96. The fourth-order valence-corrected chi connectivity index (χ4v) is 3.24. The van der Waals surface area contributed by atoms with Gasteiger partial charge in [0, 0.05) is 18.4 Å². The molecule has 0 saturated heterocycles. The van der Waals surface area contributed by atoms with Crippen LogP contribution in [0.5, 0.6) is 0 Å². The predicted octanol–water partition coefficient (Wildman–Crippen LogP) is 1.72. The number of nitrogens with one attached hydrogen (secondary N) is 1. The lowest BCUT2D eigenvalue weighted by Crippen LogP contribution is -2.12. The molecular weight excluding hydrogens is 318 g/mol. The van der Waals surface area contributed by atoms with Gasteiger partial charge in [-0.25, -0.2) is 8.42 Å². The van der Waals surface area contributed by atoms with E-state index in [1.54, 1.807) is 28.9 Å². The molecule has 2 aromatic rings. The molecule has 0 aliphatic heterocycles. The van der Waals surface area contributed by atoms with Gasteiger partial charge in [-0.1, -0.05) is 12.1 Å². The molecule has 122 valence electrons. The minimum atomic E-state index is -3.69. The van der Waals surface area contributed by atoms with Crippen LogP contribution >= 0.6 is 0 Å². The van der Waals surface area contributed by atoms with Gasteiger partial charge in [0.25, 0.3) is 10.0 Å². The molecule has 0 amide bonds. The Kier molecular flexibility index (Phi) is 4.08. The van der Waals surface area contributed by atoms with E-state index in [9.17, 15) is 13.2 Å². The molecule has 0 atom stereocenters. The molecule has 0 bridgehead atoms. The Bertz CT molecular complexity index is 808. The van der Waals surface area contributed by atoms with Crippen LogP contribution in [0.15, 0.2) is 41.6 Å². The number of aliphatic carboxylic acids is 1. The Labute approximate surface area is 134 Å². The Hall–Kier alpha value is -2.35. The van der Waals surface area contributed by atoms with Crippen LogP contribution in [0.25, 0.3) is 0 Å². The Morgan fingerprint density at radius 1 is 1.30 bits per heavy atom. The average molecular weight is 335 g/mol. The van der Waals surface area contributed by atoms with Crippen molar-refractivity contribution in [1.82, 2.24) is 9.78 Å². The van der Waals surface area contributed by atoms with Crippen molar-refractivity contribution in [1.29, 1.82) is 0 Å². The number of hydrogen-bond acceptors (Lipinski definition) is 4. The first-order valence-corrected chi connectivity index (χ1v) is 8.77. The number of carboxylic acid groups (broad SMARTS) is 1. The third kappa shape index (κ3) is 4.10. The van der Waals surface area contributed by atoms with Crippen molar-refractivity contribution in [3.63, 3.8) is 0 Å². The highest BCUT2D eigenvalue weighted by Crippen LogP contribution is 2.30. The summed E-state index contributed by atoms with van der Waals surface area (Å²) in [6.45, 7) is 0.749. The van der Waals surface area contributed by atoms with E-state index in [0.29, 0.717) is 17.2 Å². The Balaban J connectivity index is 1.69. The summed E-state index contributed by atoms with van der Waals surface area (Å²) in [4.78, 5) is 10.7. The lowest BCUT2D eigenvalue weighted by Gasteiger charge is -2.06. The topological polar surface area (TPSA) is 101 Å². The van der Waals surface area contributed by atoms with Crippen molar-refractivity contribution in [2.24, 2.45) is 5.92 Å². The first-order valence-electron chi connectivity index (χ1n) is 7.28. The monoisotopic (exact) mass is 335 g/mol. The highest BCUT2D eigenvalue weighted by Gasteiger charge is 2.23. The molecule has 1 saturated carbocycles. The van der Waals surface area contributed by atoms with Crippen molar-refractivity contribution in [2.45, 2.75) is 30.7 Å². The molecule has 0 unspecified atom stereocenters. The average Bonchev–Trinajstić information content (AvgIpc) is 3.14. The number of rotatable bonds is 7. The van der Waals surface area contributed by atoms with Crippen LogP contribution < -0.4 is 4.72 Å². The summed E-state index contributed by atoms with van der Waals surface area (Å²) in [5.74, 6) is -0.318. The highest BCUT2D eigenvalue weighted by molar-refractivity contribution is 7.92. The normalized spacial score (nSPS) is 14.6. The molecule has 1 aliphatic rings. The first-order chi connectivity index (χ1) is 10.9. The number of aromatic nitrogens is 2. The number of carbonyl (C=O) groups is 1. The molecule has 1 aromatic carbocycles. The van der Waals surface area contributed by atoms with Crippen LogP contribution in [0.3, 0.4) is 0 Å². The van der Waals surface area contributed by atoms with Gasteiger partial charge in [0.05, 0.1) is 12.6 Å². The van der Waals surface area contributed by atoms with E-state index in [1.165, 1.54) is 25.2 Å². The van der Waals surface area contributed by atoms with Gasteiger partial charge in [-0.15, -0.1) is 0 Å². The van der Waals surface area contributed by atoms with Gasteiger partial charge < -0.3 is 5.11 Å². The zero-order valence-electron chi connectivity index (χ0n) is 12.3. The summed E-state index contributed by atoms with van der Waals surface area (Å²) in [6.07, 6.45) is 5.11. The zero-order chi connectivity index (χ0) is 16.4. The number of benzene rings is 1. The Morgan fingerprint density at radius 2 is 2.00 bits per heavy atom. The van der Waals surface area contributed by atoms with Crippen molar-refractivity contribution < 1.29 is 18.3 Å². The number of carboxylic acids is 1. The lowest BCUT2D eigenvalue weighted by molar-refractivity contribution is -0.136. The second-order valence-electron chi connectivity index (χ2n) is 5.71. The SMILES string of the molecule is O=C(O)Cc1ccc(NS(=O)(=O)c2cnn(CC3CC3)c2)cc1. The van der Waals surface area contributed by atoms with Crippen LogP contribution in [0.1, 0.15) is 18.4 Å². The van der Waals surface area contributed by atoms with Gasteiger partial charge in [-0.2, -0.15) is 5.10 Å². The van der Waals surface area contributed by atoms with Gasteiger partial charge in [-0.3, -0.25) is 14.2 Å². The lowest BCUT2D eigenvalue weighted by atomic mass is 10.1. The Morgan fingerprint density at radius 3 is 2.61 bits per heavy atom. The van der Waals surface area contributed by atoms with Crippen LogP contribution in [0.2, 0.25) is 0 Å². The molecule has 2 N–H and O–H groups in total. The maximum absolute atomic E-state index is 12.3. The van der Waals surface area contributed by atoms with E-state index in [-0.39, 0.29) is 11.3 Å². The van der Waals surface area contributed by atoms with E-state index in [0.717, 1.165) is 6.54 Å². The minimum Gasteiger partial charge on any atom is -0.481 e. The van der Waals surface area contributed by atoms with Crippen LogP contribution in [-0.4, -0.2) is 29.3 Å². The molecule has 7 nitrogen and oxygen atoms in total. The van der Waals surface area contributed by atoms with Crippen LogP contribution in [-0.2, 0) is 27.8 Å². The van der Waals surface area contributed by atoms with Crippen molar-refractivity contribution >= 4 is 21.7 Å². The minimum absolute atomic E-state index is 0.0963. The zero-order valence-corrected chi connectivity index (χ0v) is 13.2. The van der Waals surface area contributed by atoms with Crippen LogP contribution in [0, 0.1) is 5.92 Å². The van der Waals surface area contributed by atoms with Crippen molar-refractivity contribution in [3.8, 4) is 0 Å². The number of sulfonamides is 1. The van der Waals surface area contributed by atoms with Crippen LogP contribution in [0.4, 0.5) is 5.69 Å². The van der Waals surface area contributed by atoms with E-state index in [4.69, 9.17) is 5.11 Å².